The van der Waals surface area contributed by atoms with Gasteiger partial charge < -0.3 is 0 Å². The highest BCUT2D eigenvalue weighted by Crippen LogP contribution is 2.18. The molecule has 2 heterocycles. The molecule has 0 unspecified atom stereocenters. The predicted octanol–water partition coefficient (Wildman–Crippen LogP) is 2.28. The van der Waals surface area contributed by atoms with Gasteiger partial charge in [0.05, 0.1) is 11.2 Å². The number of carbonyl (C=O) groups excluding carboxylic acids is 1. The van der Waals surface area contributed by atoms with Gasteiger partial charge in [0.1, 0.15) is 5.69 Å². The Balaban J connectivity index is 2.39. The fourth-order valence-electron chi connectivity index (χ4n) is 1.59. The zero-order valence-corrected chi connectivity index (χ0v) is 11.0. The molecule has 0 spiro atoms. The lowest BCUT2D eigenvalue weighted by Crippen LogP contribution is -2.14. The molecule has 0 aliphatic heterocycles. The average molecular weight is 265 g/mol. The highest BCUT2D eigenvalue weighted by molar-refractivity contribution is 6.34. The number of ketones is 1. The lowest BCUT2D eigenvalue weighted by Gasteiger charge is -2.05. The Morgan fingerprint density at radius 1 is 1.33 bits per heavy atom. The molecule has 0 fully saturated rings. The summed E-state index contributed by atoms with van der Waals surface area (Å²) < 4.78 is 1.59. The minimum atomic E-state index is -0.300. The summed E-state index contributed by atoms with van der Waals surface area (Å²) in [6.07, 6.45) is 5.55. The fourth-order valence-corrected chi connectivity index (χ4v) is 1.81. The maximum Gasteiger partial charge on any atom is 0.249 e. The van der Waals surface area contributed by atoms with E-state index in [2.05, 4.69) is 15.1 Å². The van der Waals surface area contributed by atoms with Gasteiger partial charge in [-0.2, -0.15) is 5.10 Å². The number of nitrogens with zero attached hydrogens (tertiary/aromatic N) is 4. The van der Waals surface area contributed by atoms with Crippen molar-refractivity contribution in [2.45, 2.75) is 26.8 Å². The third-order valence-corrected chi connectivity index (χ3v) is 2.71. The first-order chi connectivity index (χ1) is 8.63. The Bertz CT molecular complexity index is 562. The second-order valence-corrected chi connectivity index (χ2v) is 4.38. The van der Waals surface area contributed by atoms with E-state index in [1.165, 1.54) is 6.20 Å². The number of hydrogen-bond acceptors (Lipinski definition) is 4. The average Bonchev–Trinajstić information content (AvgIpc) is 2.71. The van der Waals surface area contributed by atoms with Crippen LogP contribution in [0, 0.1) is 6.92 Å². The first-order valence-electron chi connectivity index (χ1n) is 5.68. The number of halogens is 1. The number of carbonyl (C=O) groups is 1. The molecule has 0 aliphatic carbocycles. The van der Waals surface area contributed by atoms with Crippen LogP contribution < -0.4 is 0 Å². The molecule has 0 atom stereocenters. The monoisotopic (exact) mass is 264 g/mol. The van der Waals surface area contributed by atoms with Gasteiger partial charge in [0.2, 0.25) is 11.6 Å². The van der Waals surface area contributed by atoms with Crippen molar-refractivity contribution in [3.05, 3.63) is 40.7 Å². The number of hydrogen-bond donors (Lipinski definition) is 0. The molecular formula is C12H13ClN4O. The Kier molecular flexibility index (Phi) is 3.72. The molecule has 0 aliphatic rings. The lowest BCUT2D eigenvalue weighted by molar-refractivity contribution is 0.101. The van der Waals surface area contributed by atoms with Gasteiger partial charge >= 0.3 is 0 Å². The summed E-state index contributed by atoms with van der Waals surface area (Å²) in [7, 11) is 0. The fraction of sp³-hybridized carbons (Fsp3) is 0.333. The first kappa shape index (κ1) is 12.7. The van der Waals surface area contributed by atoms with Crippen LogP contribution in [0.4, 0.5) is 0 Å². The van der Waals surface area contributed by atoms with E-state index in [0.717, 1.165) is 12.0 Å². The van der Waals surface area contributed by atoms with Crippen LogP contribution in [-0.4, -0.2) is 25.5 Å². The molecule has 0 bridgehead atoms. The third-order valence-electron chi connectivity index (χ3n) is 2.43. The summed E-state index contributed by atoms with van der Waals surface area (Å²) in [6.45, 7) is 4.51. The highest BCUT2D eigenvalue weighted by atomic mass is 35.5. The summed E-state index contributed by atoms with van der Waals surface area (Å²) in [4.78, 5) is 20.3. The number of aryl methyl sites for hydroxylation is 2. The van der Waals surface area contributed by atoms with Crippen LogP contribution in [0.25, 0.3) is 0 Å². The quantitative estimate of drug-likeness (QED) is 0.795. The summed E-state index contributed by atoms with van der Waals surface area (Å²) in [5.41, 5.74) is 1.25. The Morgan fingerprint density at radius 3 is 2.61 bits per heavy atom. The molecule has 0 N–H and O–H groups in total. The number of aromatic nitrogens is 4. The van der Waals surface area contributed by atoms with Crippen LogP contribution in [0.1, 0.15) is 35.2 Å². The van der Waals surface area contributed by atoms with Crippen molar-refractivity contribution >= 4 is 17.4 Å². The van der Waals surface area contributed by atoms with Gasteiger partial charge in [0.15, 0.2) is 0 Å². The van der Waals surface area contributed by atoms with Gasteiger partial charge in [-0.05, 0) is 18.9 Å². The van der Waals surface area contributed by atoms with Gasteiger partial charge in [-0.25, -0.2) is 9.97 Å². The third kappa shape index (κ3) is 2.41. The van der Waals surface area contributed by atoms with Crippen molar-refractivity contribution in [1.82, 2.24) is 19.7 Å². The van der Waals surface area contributed by atoms with Crippen molar-refractivity contribution in [2.75, 3.05) is 0 Å². The van der Waals surface area contributed by atoms with E-state index in [4.69, 9.17) is 11.6 Å². The second kappa shape index (κ2) is 5.27. The molecular weight excluding hydrogens is 252 g/mol. The Hall–Kier alpha value is -1.75. The SMILES string of the molecule is CCCn1ncc(Cl)c1C(=O)c1ncc(C)cn1. The minimum absolute atomic E-state index is 0.139. The van der Waals surface area contributed by atoms with Crippen LogP contribution in [-0.2, 0) is 6.54 Å². The molecule has 2 aromatic heterocycles. The zero-order chi connectivity index (χ0) is 13.1. The van der Waals surface area contributed by atoms with Crippen molar-refractivity contribution < 1.29 is 4.79 Å². The summed E-state index contributed by atoms with van der Waals surface area (Å²) >= 11 is 6.00. The molecule has 2 aromatic rings. The molecule has 0 aromatic carbocycles. The molecule has 0 radical (unpaired) electrons. The summed E-state index contributed by atoms with van der Waals surface area (Å²) in [5.74, 6) is -0.161. The minimum Gasteiger partial charge on any atom is -0.283 e. The molecule has 6 heteroatoms. The van der Waals surface area contributed by atoms with Crippen LogP contribution >= 0.6 is 11.6 Å². The molecule has 0 amide bonds. The van der Waals surface area contributed by atoms with Gasteiger partial charge in [0.25, 0.3) is 0 Å². The Labute approximate surface area is 110 Å². The van der Waals surface area contributed by atoms with Gasteiger partial charge in [-0.1, -0.05) is 18.5 Å². The van der Waals surface area contributed by atoms with Gasteiger partial charge in [0, 0.05) is 18.9 Å². The normalized spacial score (nSPS) is 10.6. The maximum absolute atomic E-state index is 12.3. The Morgan fingerprint density at radius 2 is 2.00 bits per heavy atom. The molecule has 18 heavy (non-hydrogen) atoms. The lowest BCUT2D eigenvalue weighted by atomic mass is 10.2. The highest BCUT2D eigenvalue weighted by Gasteiger charge is 2.20. The van der Waals surface area contributed by atoms with Crippen molar-refractivity contribution in [3.8, 4) is 0 Å². The van der Waals surface area contributed by atoms with Crippen LogP contribution in [0.2, 0.25) is 5.02 Å². The first-order valence-corrected chi connectivity index (χ1v) is 6.06. The maximum atomic E-state index is 12.3. The topological polar surface area (TPSA) is 60.7 Å². The smallest absolute Gasteiger partial charge is 0.249 e. The molecule has 0 saturated heterocycles. The summed E-state index contributed by atoms with van der Waals surface area (Å²) in [6, 6.07) is 0. The molecule has 5 nitrogen and oxygen atoms in total. The van der Waals surface area contributed by atoms with Crippen LogP contribution in [0.5, 0.6) is 0 Å². The van der Waals surface area contributed by atoms with E-state index in [0.29, 0.717) is 17.3 Å². The van der Waals surface area contributed by atoms with Crippen LogP contribution in [0.3, 0.4) is 0 Å². The molecule has 0 saturated carbocycles. The van der Waals surface area contributed by atoms with E-state index in [1.807, 2.05) is 13.8 Å². The van der Waals surface area contributed by atoms with E-state index in [-0.39, 0.29) is 11.6 Å². The van der Waals surface area contributed by atoms with Crippen molar-refractivity contribution in [1.29, 1.82) is 0 Å². The summed E-state index contributed by atoms with van der Waals surface area (Å²) in [5, 5.41) is 4.41. The van der Waals surface area contributed by atoms with Crippen LogP contribution in [0.15, 0.2) is 18.6 Å². The standard InChI is InChI=1S/C12H13ClN4O/c1-3-4-17-10(9(13)7-16-17)11(18)12-14-5-8(2)6-15-12/h5-7H,3-4H2,1-2H3. The van der Waals surface area contributed by atoms with E-state index >= 15 is 0 Å². The number of rotatable bonds is 4. The predicted molar refractivity (Wildman–Crippen MR) is 67.7 cm³/mol. The van der Waals surface area contributed by atoms with E-state index < -0.39 is 0 Å². The van der Waals surface area contributed by atoms with Gasteiger partial charge in [-0.3, -0.25) is 9.48 Å². The zero-order valence-electron chi connectivity index (χ0n) is 10.2. The largest absolute Gasteiger partial charge is 0.283 e. The van der Waals surface area contributed by atoms with Crippen molar-refractivity contribution in [2.24, 2.45) is 0 Å². The van der Waals surface area contributed by atoms with E-state index in [1.54, 1.807) is 17.1 Å². The second-order valence-electron chi connectivity index (χ2n) is 3.98. The van der Waals surface area contributed by atoms with E-state index in [9.17, 15) is 4.79 Å². The van der Waals surface area contributed by atoms with Crippen molar-refractivity contribution in [3.63, 3.8) is 0 Å². The molecule has 94 valence electrons. The molecule has 2 rings (SSSR count). The van der Waals surface area contributed by atoms with Gasteiger partial charge in [-0.15, -0.1) is 0 Å².